The van der Waals surface area contributed by atoms with E-state index in [4.69, 9.17) is 16.7 Å². The average Bonchev–Trinajstić information content (AvgIpc) is 2.74. The fourth-order valence-corrected chi connectivity index (χ4v) is 1.91. The zero-order valence-electron chi connectivity index (χ0n) is 8.36. The molecule has 6 heteroatoms. The number of aliphatic hydroxyl groups excluding tert-OH is 1. The van der Waals surface area contributed by atoms with Gasteiger partial charge in [0.25, 0.3) is 5.56 Å². The van der Waals surface area contributed by atoms with Gasteiger partial charge in [0.05, 0.1) is 19.0 Å². The van der Waals surface area contributed by atoms with Gasteiger partial charge in [0.15, 0.2) is 5.15 Å². The molecule has 1 aromatic rings. The molecule has 0 fully saturated rings. The molecule has 0 bridgehead atoms. The summed E-state index contributed by atoms with van der Waals surface area (Å²) in [6.45, 7) is -0.0330. The van der Waals surface area contributed by atoms with Crippen LogP contribution in [0.25, 0.3) is 0 Å². The van der Waals surface area contributed by atoms with Gasteiger partial charge in [0, 0.05) is 0 Å². The number of nitrogens with zero attached hydrogens (tertiary/aromatic N) is 2. The summed E-state index contributed by atoms with van der Waals surface area (Å²) in [4.78, 5) is 15.1. The minimum absolute atomic E-state index is 0.0330. The summed E-state index contributed by atoms with van der Waals surface area (Å²) in [5.41, 5.74) is 0.0766. The maximum atomic E-state index is 13.2. The second-order valence-corrected chi connectivity index (χ2v) is 4.01. The molecule has 1 heterocycles. The highest BCUT2D eigenvalue weighted by Crippen LogP contribution is 2.26. The van der Waals surface area contributed by atoms with Crippen molar-refractivity contribution in [1.82, 2.24) is 9.55 Å². The van der Waals surface area contributed by atoms with Crippen LogP contribution in [0.5, 0.6) is 0 Å². The van der Waals surface area contributed by atoms with Crippen LogP contribution < -0.4 is 5.56 Å². The van der Waals surface area contributed by atoms with E-state index in [0.29, 0.717) is 12.8 Å². The van der Waals surface area contributed by atoms with Crippen molar-refractivity contribution in [1.29, 1.82) is 0 Å². The van der Waals surface area contributed by atoms with Crippen molar-refractivity contribution in [2.24, 2.45) is 0 Å². The van der Waals surface area contributed by atoms with Crippen LogP contribution >= 0.6 is 11.6 Å². The van der Waals surface area contributed by atoms with Crippen molar-refractivity contribution in [3.05, 3.63) is 39.3 Å². The number of rotatable bonds is 2. The van der Waals surface area contributed by atoms with Crippen LogP contribution in [0.3, 0.4) is 0 Å². The van der Waals surface area contributed by atoms with Crippen LogP contribution in [0.1, 0.15) is 18.9 Å². The van der Waals surface area contributed by atoms with Crippen LogP contribution in [0, 0.1) is 5.82 Å². The Morgan fingerprint density at radius 2 is 2.44 bits per heavy atom. The van der Waals surface area contributed by atoms with Gasteiger partial charge in [-0.05, 0) is 18.4 Å². The summed E-state index contributed by atoms with van der Waals surface area (Å²) in [6.07, 6.45) is 4.36. The number of aromatic nitrogens is 2. The van der Waals surface area contributed by atoms with E-state index in [2.05, 4.69) is 4.98 Å². The van der Waals surface area contributed by atoms with Crippen LogP contribution in [-0.2, 0) is 0 Å². The molecule has 4 nitrogen and oxygen atoms in total. The number of hydrogen-bond donors (Lipinski definition) is 1. The fourth-order valence-electron chi connectivity index (χ4n) is 1.78. The fraction of sp³-hybridized carbons (Fsp3) is 0.400. The molecule has 1 unspecified atom stereocenters. The van der Waals surface area contributed by atoms with Crippen molar-refractivity contribution in [3.8, 4) is 0 Å². The van der Waals surface area contributed by atoms with Gasteiger partial charge >= 0.3 is 0 Å². The second kappa shape index (κ2) is 4.35. The maximum absolute atomic E-state index is 13.2. The van der Waals surface area contributed by atoms with Gasteiger partial charge in [0.2, 0.25) is 5.82 Å². The first-order chi connectivity index (χ1) is 7.63. The highest BCUT2D eigenvalue weighted by molar-refractivity contribution is 6.29. The van der Waals surface area contributed by atoms with Gasteiger partial charge in [-0.2, -0.15) is 4.39 Å². The lowest BCUT2D eigenvalue weighted by molar-refractivity contribution is 0.328. The summed E-state index contributed by atoms with van der Waals surface area (Å²) in [6, 6.07) is -0.242. The first-order valence-corrected chi connectivity index (χ1v) is 5.24. The lowest BCUT2D eigenvalue weighted by atomic mass is 10.2. The van der Waals surface area contributed by atoms with E-state index in [9.17, 15) is 9.18 Å². The molecule has 86 valence electrons. The summed E-state index contributed by atoms with van der Waals surface area (Å²) in [5, 5.41) is 8.52. The molecule has 1 aliphatic carbocycles. The van der Waals surface area contributed by atoms with Crippen LogP contribution in [0.15, 0.2) is 22.8 Å². The minimum Gasteiger partial charge on any atom is -0.392 e. The Labute approximate surface area is 96.0 Å². The highest BCUT2D eigenvalue weighted by atomic mass is 35.5. The van der Waals surface area contributed by atoms with E-state index in [0.717, 1.165) is 5.57 Å². The van der Waals surface area contributed by atoms with Crippen molar-refractivity contribution in [2.45, 2.75) is 18.9 Å². The second-order valence-electron chi connectivity index (χ2n) is 3.65. The molecule has 0 aromatic carbocycles. The lowest BCUT2D eigenvalue weighted by Crippen LogP contribution is -2.26. The quantitative estimate of drug-likeness (QED) is 0.630. The van der Waals surface area contributed by atoms with E-state index < -0.39 is 16.5 Å². The largest absolute Gasteiger partial charge is 0.392 e. The molecule has 0 spiro atoms. The van der Waals surface area contributed by atoms with Crippen LogP contribution in [-0.4, -0.2) is 21.3 Å². The zero-order valence-corrected chi connectivity index (χ0v) is 9.12. The zero-order chi connectivity index (χ0) is 11.7. The molecule has 0 saturated heterocycles. The van der Waals surface area contributed by atoms with E-state index >= 15 is 0 Å². The standard InChI is InChI=1S/C10H10ClFN2O2/c11-9-8(12)10(16)14(5-13-9)7-2-1-6(3-7)4-15/h3,5,7,15H,1-2,4H2. The molecule has 0 amide bonds. The number of halogens is 2. The predicted octanol–water partition coefficient (Wildman–Crippen LogP) is 1.29. The van der Waals surface area contributed by atoms with Crippen molar-refractivity contribution >= 4 is 11.6 Å². The average molecular weight is 245 g/mol. The number of hydrogen-bond acceptors (Lipinski definition) is 3. The molecular formula is C10H10ClFN2O2. The molecule has 1 atom stereocenters. The molecule has 2 rings (SSSR count). The van der Waals surface area contributed by atoms with Gasteiger partial charge in [0.1, 0.15) is 0 Å². The maximum Gasteiger partial charge on any atom is 0.291 e. The van der Waals surface area contributed by atoms with E-state index in [1.807, 2.05) is 0 Å². The monoisotopic (exact) mass is 244 g/mol. The van der Waals surface area contributed by atoms with E-state index in [-0.39, 0.29) is 12.6 Å². The Morgan fingerprint density at radius 1 is 1.69 bits per heavy atom. The molecule has 0 aliphatic heterocycles. The van der Waals surface area contributed by atoms with Crippen LogP contribution in [0.2, 0.25) is 5.15 Å². The Balaban J connectivity index is 2.40. The van der Waals surface area contributed by atoms with Gasteiger partial charge in [-0.3, -0.25) is 9.36 Å². The third-order valence-electron chi connectivity index (χ3n) is 2.65. The Morgan fingerprint density at radius 3 is 3.06 bits per heavy atom. The predicted molar refractivity (Wildman–Crippen MR) is 56.9 cm³/mol. The first-order valence-electron chi connectivity index (χ1n) is 4.86. The summed E-state index contributed by atoms with van der Waals surface area (Å²) >= 11 is 5.39. The molecule has 0 radical (unpaired) electrons. The number of allylic oxidation sites excluding steroid dienone is 1. The molecule has 0 saturated carbocycles. The Hall–Kier alpha value is -1.20. The summed E-state index contributed by atoms with van der Waals surface area (Å²) < 4.78 is 14.4. The number of aliphatic hydroxyl groups is 1. The molecule has 16 heavy (non-hydrogen) atoms. The Kier molecular flexibility index (Phi) is 3.07. The minimum atomic E-state index is -1.03. The van der Waals surface area contributed by atoms with Crippen molar-refractivity contribution in [3.63, 3.8) is 0 Å². The Bertz CT molecular complexity index is 498. The molecule has 1 N–H and O–H groups in total. The van der Waals surface area contributed by atoms with Gasteiger partial charge in [-0.15, -0.1) is 0 Å². The lowest BCUT2D eigenvalue weighted by Gasteiger charge is -2.10. The highest BCUT2D eigenvalue weighted by Gasteiger charge is 2.20. The smallest absolute Gasteiger partial charge is 0.291 e. The third kappa shape index (κ3) is 1.88. The third-order valence-corrected chi connectivity index (χ3v) is 2.91. The molecule has 1 aliphatic rings. The van der Waals surface area contributed by atoms with Gasteiger partial charge in [-0.25, -0.2) is 4.98 Å². The van der Waals surface area contributed by atoms with E-state index in [1.54, 1.807) is 6.08 Å². The normalized spacial score (nSPS) is 19.9. The van der Waals surface area contributed by atoms with Gasteiger partial charge in [-0.1, -0.05) is 17.7 Å². The van der Waals surface area contributed by atoms with Gasteiger partial charge < -0.3 is 5.11 Å². The summed E-state index contributed by atoms with van der Waals surface area (Å²) in [5.74, 6) is -1.03. The van der Waals surface area contributed by atoms with Crippen molar-refractivity contribution < 1.29 is 9.50 Å². The summed E-state index contributed by atoms with van der Waals surface area (Å²) in [7, 11) is 0. The van der Waals surface area contributed by atoms with Crippen molar-refractivity contribution in [2.75, 3.05) is 6.61 Å². The van der Waals surface area contributed by atoms with E-state index in [1.165, 1.54) is 10.9 Å². The molecule has 1 aromatic heterocycles. The topological polar surface area (TPSA) is 55.1 Å². The SMILES string of the molecule is O=c1c(F)c(Cl)ncn1C1C=C(CO)CC1. The molecular weight excluding hydrogens is 235 g/mol. The van der Waals surface area contributed by atoms with Crippen LogP contribution in [0.4, 0.5) is 4.39 Å². The first kappa shape index (κ1) is 11.3.